The number of carbonyl (C=O) groups excluding carboxylic acids is 1. The van der Waals surface area contributed by atoms with E-state index in [9.17, 15) is 4.79 Å². The van der Waals surface area contributed by atoms with Gasteiger partial charge in [0.05, 0.1) is 11.4 Å². The van der Waals surface area contributed by atoms with Gasteiger partial charge in [0, 0.05) is 5.56 Å². The number of hydrogen-bond acceptors (Lipinski definition) is 2. The number of rotatable bonds is 3. The van der Waals surface area contributed by atoms with Crippen LogP contribution in [0.1, 0.15) is 22.8 Å². The van der Waals surface area contributed by atoms with Gasteiger partial charge in [-0.15, -0.1) is 0 Å². The predicted octanol–water partition coefficient (Wildman–Crippen LogP) is 3.08. The zero-order valence-corrected chi connectivity index (χ0v) is 10.3. The summed E-state index contributed by atoms with van der Waals surface area (Å²) < 4.78 is 0. The topological polar surface area (TPSA) is 55.1 Å². The van der Waals surface area contributed by atoms with Gasteiger partial charge in [-0.25, -0.2) is 0 Å². The molecular formula is C15H16N2O. The normalized spacial score (nSPS) is 10.1. The third-order valence-corrected chi connectivity index (χ3v) is 2.83. The number of nitrogens with two attached hydrogens (primary N) is 1. The third kappa shape index (κ3) is 2.69. The van der Waals surface area contributed by atoms with Crippen molar-refractivity contribution in [2.75, 3.05) is 11.1 Å². The fraction of sp³-hybridized carbons (Fsp3) is 0.133. The number of hydrogen-bond donors (Lipinski definition) is 2. The average Bonchev–Trinajstić information content (AvgIpc) is 2.41. The maximum absolute atomic E-state index is 12.0. The van der Waals surface area contributed by atoms with E-state index in [0.717, 1.165) is 6.42 Å². The smallest absolute Gasteiger partial charge is 0.255 e. The van der Waals surface area contributed by atoms with Crippen LogP contribution in [0.15, 0.2) is 48.5 Å². The summed E-state index contributed by atoms with van der Waals surface area (Å²) in [7, 11) is 0. The number of carbonyl (C=O) groups is 1. The Labute approximate surface area is 107 Å². The van der Waals surface area contributed by atoms with Gasteiger partial charge >= 0.3 is 0 Å². The standard InChI is InChI=1S/C15H16N2O/c1-2-11-7-9-12(10-8-11)15(18)17-14-6-4-3-5-13(14)16/h3-10H,2,16H2,1H3,(H,17,18). The van der Waals surface area contributed by atoms with Crippen LogP contribution in [0, 0.1) is 0 Å². The number of aryl methyl sites for hydroxylation is 1. The minimum absolute atomic E-state index is 0.143. The Morgan fingerprint density at radius 2 is 1.78 bits per heavy atom. The number of nitrogen functional groups attached to an aromatic ring is 1. The summed E-state index contributed by atoms with van der Waals surface area (Å²) in [6.45, 7) is 2.08. The van der Waals surface area contributed by atoms with E-state index in [4.69, 9.17) is 5.73 Å². The predicted molar refractivity (Wildman–Crippen MR) is 74.6 cm³/mol. The quantitative estimate of drug-likeness (QED) is 0.810. The van der Waals surface area contributed by atoms with Crippen molar-refractivity contribution in [2.24, 2.45) is 0 Å². The highest BCUT2D eigenvalue weighted by molar-refractivity contribution is 6.05. The molecule has 3 nitrogen and oxygen atoms in total. The molecule has 0 spiro atoms. The summed E-state index contributed by atoms with van der Waals surface area (Å²) in [6, 6.07) is 14.8. The molecule has 2 rings (SSSR count). The van der Waals surface area contributed by atoms with Crippen molar-refractivity contribution in [2.45, 2.75) is 13.3 Å². The highest BCUT2D eigenvalue weighted by Gasteiger charge is 2.07. The van der Waals surface area contributed by atoms with E-state index < -0.39 is 0 Å². The average molecular weight is 240 g/mol. The second kappa shape index (κ2) is 5.36. The lowest BCUT2D eigenvalue weighted by Gasteiger charge is -2.08. The van der Waals surface area contributed by atoms with Crippen LogP contribution < -0.4 is 11.1 Å². The van der Waals surface area contributed by atoms with Crippen molar-refractivity contribution in [1.82, 2.24) is 0 Å². The van der Waals surface area contributed by atoms with Crippen LogP contribution in [0.2, 0.25) is 0 Å². The Balaban J connectivity index is 2.14. The van der Waals surface area contributed by atoms with E-state index in [1.54, 1.807) is 12.1 Å². The lowest BCUT2D eigenvalue weighted by atomic mass is 10.1. The molecule has 0 saturated heterocycles. The van der Waals surface area contributed by atoms with E-state index in [1.165, 1.54) is 5.56 Å². The van der Waals surface area contributed by atoms with E-state index >= 15 is 0 Å². The van der Waals surface area contributed by atoms with E-state index in [0.29, 0.717) is 16.9 Å². The SMILES string of the molecule is CCc1ccc(C(=O)Nc2ccccc2N)cc1. The first-order valence-electron chi connectivity index (χ1n) is 5.95. The van der Waals surface area contributed by atoms with Gasteiger partial charge in [-0.05, 0) is 36.2 Å². The fourth-order valence-corrected chi connectivity index (χ4v) is 1.70. The minimum Gasteiger partial charge on any atom is -0.397 e. The molecule has 1 amide bonds. The van der Waals surface area contributed by atoms with E-state index in [-0.39, 0.29) is 5.91 Å². The van der Waals surface area contributed by atoms with Crippen LogP contribution in [0.5, 0.6) is 0 Å². The Morgan fingerprint density at radius 3 is 2.39 bits per heavy atom. The largest absolute Gasteiger partial charge is 0.397 e. The number of para-hydroxylation sites is 2. The Kier molecular flexibility index (Phi) is 3.63. The molecule has 0 bridgehead atoms. The van der Waals surface area contributed by atoms with Crippen molar-refractivity contribution in [3.63, 3.8) is 0 Å². The maximum atomic E-state index is 12.0. The molecule has 2 aromatic rings. The Bertz CT molecular complexity index is 547. The van der Waals surface area contributed by atoms with Gasteiger partial charge in [0.25, 0.3) is 5.91 Å². The van der Waals surface area contributed by atoms with Crippen LogP contribution in [0.4, 0.5) is 11.4 Å². The first-order chi connectivity index (χ1) is 8.70. The van der Waals surface area contributed by atoms with Gasteiger partial charge in [0.2, 0.25) is 0 Å². The monoisotopic (exact) mass is 240 g/mol. The number of benzene rings is 2. The van der Waals surface area contributed by atoms with Gasteiger partial charge in [-0.1, -0.05) is 31.2 Å². The lowest BCUT2D eigenvalue weighted by molar-refractivity contribution is 0.102. The summed E-state index contributed by atoms with van der Waals surface area (Å²) in [4.78, 5) is 12.0. The van der Waals surface area contributed by atoms with E-state index in [1.807, 2.05) is 36.4 Å². The Hall–Kier alpha value is -2.29. The Morgan fingerprint density at radius 1 is 1.11 bits per heavy atom. The zero-order valence-electron chi connectivity index (χ0n) is 10.3. The third-order valence-electron chi connectivity index (χ3n) is 2.83. The first kappa shape index (κ1) is 12.2. The molecule has 2 aromatic carbocycles. The molecule has 0 radical (unpaired) electrons. The first-order valence-corrected chi connectivity index (χ1v) is 5.95. The highest BCUT2D eigenvalue weighted by Crippen LogP contribution is 2.18. The summed E-state index contributed by atoms with van der Waals surface area (Å²) in [5, 5.41) is 2.80. The van der Waals surface area contributed by atoms with Crippen LogP contribution >= 0.6 is 0 Å². The van der Waals surface area contributed by atoms with Crippen molar-refractivity contribution >= 4 is 17.3 Å². The molecular weight excluding hydrogens is 224 g/mol. The van der Waals surface area contributed by atoms with Crippen LogP contribution in [-0.2, 0) is 6.42 Å². The molecule has 0 aliphatic carbocycles. The van der Waals surface area contributed by atoms with Crippen molar-refractivity contribution in [1.29, 1.82) is 0 Å². The summed E-state index contributed by atoms with van der Waals surface area (Å²) in [6.07, 6.45) is 0.966. The molecule has 18 heavy (non-hydrogen) atoms. The fourth-order valence-electron chi connectivity index (χ4n) is 1.70. The molecule has 0 aliphatic rings. The molecule has 0 aliphatic heterocycles. The number of nitrogens with one attached hydrogen (secondary N) is 1. The van der Waals surface area contributed by atoms with Crippen LogP contribution in [0.25, 0.3) is 0 Å². The van der Waals surface area contributed by atoms with Crippen LogP contribution in [-0.4, -0.2) is 5.91 Å². The summed E-state index contributed by atoms with van der Waals surface area (Å²) in [5.74, 6) is -0.143. The second-order valence-electron chi connectivity index (χ2n) is 4.09. The number of amides is 1. The molecule has 0 atom stereocenters. The summed E-state index contributed by atoms with van der Waals surface area (Å²) in [5.41, 5.74) is 8.83. The molecule has 0 fully saturated rings. The minimum atomic E-state index is -0.143. The van der Waals surface area contributed by atoms with Crippen molar-refractivity contribution in [3.05, 3.63) is 59.7 Å². The van der Waals surface area contributed by atoms with Crippen molar-refractivity contribution < 1.29 is 4.79 Å². The molecule has 3 heteroatoms. The lowest BCUT2D eigenvalue weighted by Crippen LogP contribution is -2.13. The molecule has 3 N–H and O–H groups in total. The zero-order chi connectivity index (χ0) is 13.0. The van der Waals surface area contributed by atoms with Gasteiger partial charge < -0.3 is 11.1 Å². The molecule has 0 aromatic heterocycles. The van der Waals surface area contributed by atoms with Gasteiger partial charge in [-0.2, -0.15) is 0 Å². The number of anilines is 2. The second-order valence-corrected chi connectivity index (χ2v) is 4.09. The van der Waals surface area contributed by atoms with Gasteiger partial charge in [0.1, 0.15) is 0 Å². The van der Waals surface area contributed by atoms with Crippen LogP contribution in [0.3, 0.4) is 0 Å². The van der Waals surface area contributed by atoms with Crippen molar-refractivity contribution in [3.8, 4) is 0 Å². The maximum Gasteiger partial charge on any atom is 0.255 e. The van der Waals surface area contributed by atoms with Gasteiger partial charge in [0.15, 0.2) is 0 Å². The molecule has 92 valence electrons. The van der Waals surface area contributed by atoms with E-state index in [2.05, 4.69) is 12.2 Å². The summed E-state index contributed by atoms with van der Waals surface area (Å²) >= 11 is 0. The molecule has 0 saturated carbocycles. The van der Waals surface area contributed by atoms with Gasteiger partial charge in [-0.3, -0.25) is 4.79 Å². The molecule has 0 unspecified atom stereocenters. The highest BCUT2D eigenvalue weighted by atomic mass is 16.1. The molecule has 0 heterocycles.